The first-order chi connectivity index (χ1) is 9.26. The van der Waals surface area contributed by atoms with Gasteiger partial charge in [0.05, 0.1) is 0 Å². The van der Waals surface area contributed by atoms with Gasteiger partial charge in [-0.15, -0.1) is 0 Å². The summed E-state index contributed by atoms with van der Waals surface area (Å²) in [6.07, 6.45) is 1.93. The summed E-state index contributed by atoms with van der Waals surface area (Å²) in [6, 6.07) is 11.3. The molecule has 1 aromatic carbocycles. The summed E-state index contributed by atoms with van der Waals surface area (Å²) in [7, 11) is -2.45. The quantitative estimate of drug-likeness (QED) is 0.613. The van der Waals surface area contributed by atoms with Gasteiger partial charge in [0.1, 0.15) is 0 Å². The fraction of sp³-hybridized carbons (Fsp3) is 0.600. The second-order valence-electron chi connectivity index (χ2n) is 4.38. The average molecular weight is 282 g/mol. The van der Waals surface area contributed by atoms with E-state index in [0.29, 0.717) is 19.8 Å². The van der Waals surface area contributed by atoms with Gasteiger partial charge in [-0.05, 0) is 25.8 Å². The van der Waals surface area contributed by atoms with Gasteiger partial charge in [-0.2, -0.15) is 0 Å². The van der Waals surface area contributed by atoms with Gasteiger partial charge >= 0.3 is 8.80 Å². The number of rotatable bonds is 10. The van der Waals surface area contributed by atoms with Crippen LogP contribution in [0.4, 0.5) is 0 Å². The van der Waals surface area contributed by atoms with E-state index in [0.717, 1.165) is 18.9 Å². The summed E-state index contributed by atoms with van der Waals surface area (Å²) in [6.45, 7) is 8.10. The van der Waals surface area contributed by atoms with Gasteiger partial charge in [-0.1, -0.05) is 43.7 Å². The molecule has 0 aliphatic carbocycles. The van der Waals surface area contributed by atoms with Crippen molar-refractivity contribution in [2.75, 3.05) is 19.8 Å². The molecule has 0 aromatic heterocycles. The average Bonchev–Trinajstić information content (AvgIpc) is 2.41. The van der Waals surface area contributed by atoms with Crippen LogP contribution < -0.4 is 0 Å². The van der Waals surface area contributed by atoms with E-state index < -0.39 is 8.80 Å². The fourth-order valence-electron chi connectivity index (χ4n) is 2.06. The molecule has 0 amide bonds. The summed E-state index contributed by atoms with van der Waals surface area (Å²) in [5, 5.41) is 0. The molecule has 0 aliphatic rings. The topological polar surface area (TPSA) is 27.7 Å². The highest BCUT2D eigenvalue weighted by molar-refractivity contribution is 6.60. The molecule has 1 rings (SSSR count). The first-order valence-electron chi connectivity index (χ1n) is 7.22. The second-order valence-corrected chi connectivity index (χ2v) is 7.12. The molecule has 1 aromatic rings. The molecular formula is C15H26O3Si. The molecular weight excluding hydrogens is 256 g/mol. The molecule has 0 N–H and O–H groups in total. The van der Waals surface area contributed by atoms with Gasteiger partial charge in [0, 0.05) is 25.9 Å². The molecule has 108 valence electrons. The monoisotopic (exact) mass is 282 g/mol. The molecule has 0 atom stereocenters. The third-order valence-electron chi connectivity index (χ3n) is 2.84. The van der Waals surface area contributed by atoms with Gasteiger partial charge in [-0.25, -0.2) is 0 Å². The molecule has 3 nitrogen and oxygen atoms in total. The summed E-state index contributed by atoms with van der Waals surface area (Å²) in [5.41, 5.74) is 1.29. The molecule has 0 heterocycles. The molecule has 0 fully saturated rings. The van der Waals surface area contributed by atoms with E-state index in [9.17, 15) is 0 Å². The zero-order chi connectivity index (χ0) is 14.0. The maximum atomic E-state index is 6.05. The molecule has 0 bridgehead atoms. The predicted molar refractivity (Wildman–Crippen MR) is 80.2 cm³/mol. The molecule has 0 unspecified atom stereocenters. The van der Waals surface area contributed by atoms with Gasteiger partial charge in [-0.3, -0.25) is 0 Å². The van der Waals surface area contributed by atoms with Crippen molar-refractivity contribution in [1.29, 1.82) is 0 Å². The van der Waals surface area contributed by atoms with Crippen molar-refractivity contribution >= 4 is 8.80 Å². The van der Waals surface area contributed by atoms with Crippen LogP contribution in [-0.4, -0.2) is 28.6 Å². The van der Waals surface area contributed by atoms with E-state index in [1.54, 1.807) is 0 Å². The SMILES string of the molecule is CCC[Si](OCC)(OCC)OCCc1ccccc1. The highest BCUT2D eigenvalue weighted by Crippen LogP contribution is 2.18. The Morgan fingerprint density at radius 1 is 0.895 bits per heavy atom. The Kier molecular flexibility index (Phi) is 7.98. The standard InChI is InChI=1S/C15H26O3Si/c1-4-14-19(16-5-2,17-6-3)18-13-12-15-10-8-7-9-11-15/h7-11H,4-6,12-14H2,1-3H3. The lowest BCUT2D eigenvalue weighted by molar-refractivity contribution is 0.0678. The Morgan fingerprint density at radius 3 is 2.05 bits per heavy atom. The summed E-state index contributed by atoms with van der Waals surface area (Å²) in [4.78, 5) is 0. The van der Waals surface area contributed by atoms with Gasteiger partial charge < -0.3 is 13.3 Å². The Labute approximate surface area is 118 Å². The molecule has 19 heavy (non-hydrogen) atoms. The molecule has 0 aliphatic heterocycles. The minimum absolute atomic E-state index is 0.650. The van der Waals surface area contributed by atoms with Gasteiger partial charge in [0.15, 0.2) is 0 Å². The van der Waals surface area contributed by atoms with Crippen molar-refractivity contribution in [2.24, 2.45) is 0 Å². The second kappa shape index (κ2) is 9.26. The van der Waals surface area contributed by atoms with Gasteiger partial charge in [0.25, 0.3) is 0 Å². The molecule has 0 spiro atoms. The van der Waals surface area contributed by atoms with Crippen molar-refractivity contribution < 1.29 is 13.3 Å². The van der Waals surface area contributed by atoms with E-state index in [-0.39, 0.29) is 0 Å². The minimum atomic E-state index is -2.45. The zero-order valence-electron chi connectivity index (χ0n) is 12.4. The first-order valence-corrected chi connectivity index (χ1v) is 9.15. The Balaban J connectivity index is 2.51. The van der Waals surface area contributed by atoms with Gasteiger partial charge in [0.2, 0.25) is 0 Å². The summed E-state index contributed by atoms with van der Waals surface area (Å²) in [5.74, 6) is 0. The van der Waals surface area contributed by atoms with E-state index in [1.165, 1.54) is 5.56 Å². The number of benzene rings is 1. The minimum Gasteiger partial charge on any atom is -0.374 e. The fourth-order valence-corrected chi connectivity index (χ4v) is 4.64. The van der Waals surface area contributed by atoms with E-state index in [1.807, 2.05) is 19.9 Å². The van der Waals surface area contributed by atoms with E-state index >= 15 is 0 Å². The summed E-state index contributed by atoms with van der Waals surface area (Å²) < 4.78 is 17.7. The van der Waals surface area contributed by atoms with Crippen LogP contribution in [0.1, 0.15) is 32.8 Å². The van der Waals surface area contributed by atoms with Crippen LogP contribution in [0.15, 0.2) is 30.3 Å². The number of hydrogen-bond donors (Lipinski definition) is 0. The lowest BCUT2D eigenvalue weighted by Crippen LogP contribution is -2.46. The lowest BCUT2D eigenvalue weighted by atomic mass is 10.2. The van der Waals surface area contributed by atoms with E-state index in [4.69, 9.17) is 13.3 Å². The van der Waals surface area contributed by atoms with Crippen molar-refractivity contribution in [2.45, 2.75) is 39.7 Å². The summed E-state index contributed by atoms with van der Waals surface area (Å²) >= 11 is 0. The maximum Gasteiger partial charge on any atom is 0.500 e. The predicted octanol–water partition coefficient (Wildman–Crippen LogP) is 3.67. The molecule has 0 radical (unpaired) electrons. The van der Waals surface area contributed by atoms with E-state index in [2.05, 4.69) is 31.2 Å². The zero-order valence-corrected chi connectivity index (χ0v) is 13.4. The third-order valence-corrected chi connectivity index (χ3v) is 6.05. The third kappa shape index (κ3) is 5.87. The smallest absolute Gasteiger partial charge is 0.374 e. The normalized spacial score (nSPS) is 11.7. The van der Waals surface area contributed by atoms with Crippen LogP contribution in [0.2, 0.25) is 6.04 Å². The molecule has 0 saturated heterocycles. The highest BCUT2D eigenvalue weighted by Gasteiger charge is 2.39. The maximum absolute atomic E-state index is 6.05. The van der Waals surface area contributed by atoms with Crippen LogP contribution in [0.5, 0.6) is 0 Å². The Morgan fingerprint density at radius 2 is 1.53 bits per heavy atom. The molecule has 0 saturated carbocycles. The number of hydrogen-bond acceptors (Lipinski definition) is 3. The van der Waals surface area contributed by atoms with Crippen molar-refractivity contribution in [3.63, 3.8) is 0 Å². The first kappa shape index (κ1) is 16.4. The van der Waals surface area contributed by atoms with Crippen molar-refractivity contribution in [3.8, 4) is 0 Å². The highest BCUT2D eigenvalue weighted by atomic mass is 28.4. The van der Waals surface area contributed by atoms with Crippen molar-refractivity contribution in [1.82, 2.24) is 0 Å². The van der Waals surface area contributed by atoms with Crippen LogP contribution in [0, 0.1) is 0 Å². The van der Waals surface area contributed by atoms with Crippen LogP contribution in [0.3, 0.4) is 0 Å². The Bertz CT molecular complexity index is 312. The van der Waals surface area contributed by atoms with Crippen LogP contribution in [-0.2, 0) is 19.7 Å². The van der Waals surface area contributed by atoms with Crippen molar-refractivity contribution in [3.05, 3.63) is 35.9 Å². The Hall–Kier alpha value is -0.683. The largest absolute Gasteiger partial charge is 0.500 e. The lowest BCUT2D eigenvalue weighted by Gasteiger charge is -2.28. The molecule has 4 heteroatoms. The van der Waals surface area contributed by atoms with Crippen LogP contribution in [0.25, 0.3) is 0 Å². The van der Waals surface area contributed by atoms with Crippen LogP contribution >= 0.6 is 0 Å².